The molecule has 0 radical (unpaired) electrons. The lowest BCUT2D eigenvalue weighted by molar-refractivity contribution is -0.167. The third kappa shape index (κ3) is 8.08. The number of unbranched alkanes of at least 4 members (excludes halogenated alkanes) is 1. The summed E-state index contributed by atoms with van der Waals surface area (Å²) in [6.45, 7) is 13.9. The summed E-state index contributed by atoms with van der Waals surface area (Å²) >= 11 is 0. The topological polar surface area (TPSA) is 151 Å². The minimum atomic E-state index is -4.70. The highest BCUT2D eigenvalue weighted by Crippen LogP contribution is 2.68. The minimum Gasteiger partial charge on any atom is -0.393 e. The van der Waals surface area contributed by atoms with Gasteiger partial charge in [-0.05, 0) is 163 Å². The number of hydrogen-bond donors (Lipinski definition) is 5. The second kappa shape index (κ2) is 14.7. The fraction of sp³-hybridized carbons (Fsp3) is 0.971. The molecular formula is C34H63N3O6S. The van der Waals surface area contributed by atoms with Gasteiger partial charge in [0.05, 0.1) is 6.10 Å². The number of carbonyl (C=O) groups is 1. The van der Waals surface area contributed by atoms with Crippen LogP contribution in [0.4, 0.5) is 0 Å². The molecular weight excluding hydrogens is 578 g/mol. The van der Waals surface area contributed by atoms with Crippen LogP contribution in [0.2, 0.25) is 0 Å². The molecule has 0 aliphatic heterocycles. The van der Waals surface area contributed by atoms with Crippen molar-refractivity contribution in [2.24, 2.45) is 52.1 Å². The summed E-state index contributed by atoms with van der Waals surface area (Å²) < 4.78 is 36.2. The van der Waals surface area contributed by atoms with Gasteiger partial charge in [-0.2, -0.15) is 8.42 Å². The van der Waals surface area contributed by atoms with Gasteiger partial charge in [-0.3, -0.25) is 9.35 Å². The molecule has 0 bridgehead atoms. The number of fused-ring (bicyclic) bond motifs is 5. The predicted octanol–water partition coefficient (Wildman–Crippen LogP) is 4.88. The summed E-state index contributed by atoms with van der Waals surface area (Å²) in [7, 11) is -4.70. The van der Waals surface area contributed by atoms with Crippen molar-refractivity contribution >= 4 is 16.2 Å². The number of aliphatic hydroxyl groups excluding tert-OH is 1. The second-order valence-corrected chi connectivity index (χ2v) is 17.0. The lowest BCUT2D eigenvalue weighted by atomic mass is 9.43. The Morgan fingerprint density at radius 1 is 1.00 bits per heavy atom. The first-order chi connectivity index (χ1) is 20.6. The summed E-state index contributed by atoms with van der Waals surface area (Å²) in [5.74, 6) is 2.46. The van der Waals surface area contributed by atoms with E-state index >= 15 is 0 Å². The first kappa shape index (κ1) is 36.2. The summed E-state index contributed by atoms with van der Waals surface area (Å²) in [6.07, 6.45) is 13.2. The van der Waals surface area contributed by atoms with E-state index in [0.717, 1.165) is 64.7 Å². The lowest BCUT2D eigenvalue weighted by Gasteiger charge is -2.62. The smallest absolute Gasteiger partial charge is 0.393 e. The Bertz CT molecular complexity index is 1070. The molecule has 0 aromatic rings. The Hall–Kier alpha value is -0.620. The van der Waals surface area contributed by atoms with Crippen molar-refractivity contribution in [3.8, 4) is 0 Å². The van der Waals surface area contributed by atoms with Crippen LogP contribution in [0.15, 0.2) is 0 Å². The fourth-order valence-electron chi connectivity index (χ4n) is 10.6. The van der Waals surface area contributed by atoms with Gasteiger partial charge in [-0.15, -0.1) is 0 Å². The molecule has 0 aromatic heterocycles. The van der Waals surface area contributed by atoms with Gasteiger partial charge in [0.25, 0.3) is 0 Å². The molecule has 4 fully saturated rings. The van der Waals surface area contributed by atoms with E-state index in [9.17, 15) is 18.3 Å². The molecule has 0 saturated heterocycles. The number of nitrogens with one attached hydrogen (secondary N) is 2. The zero-order valence-electron chi connectivity index (χ0n) is 28.2. The minimum absolute atomic E-state index is 0.144. The van der Waals surface area contributed by atoms with E-state index in [0.29, 0.717) is 53.4 Å². The van der Waals surface area contributed by atoms with Gasteiger partial charge in [0, 0.05) is 12.5 Å². The van der Waals surface area contributed by atoms with Crippen LogP contribution in [0.3, 0.4) is 0 Å². The van der Waals surface area contributed by atoms with Gasteiger partial charge in [-0.1, -0.05) is 20.8 Å². The maximum Gasteiger partial charge on any atom is 0.398 e. The van der Waals surface area contributed by atoms with Crippen molar-refractivity contribution < 1.29 is 27.1 Å². The van der Waals surface area contributed by atoms with Gasteiger partial charge in [0.15, 0.2) is 5.78 Å². The van der Waals surface area contributed by atoms with Crippen LogP contribution < -0.4 is 16.4 Å². The van der Waals surface area contributed by atoms with Crippen molar-refractivity contribution in [2.75, 3.05) is 26.2 Å². The van der Waals surface area contributed by atoms with Crippen molar-refractivity contribution in [1.29, 1.82) is 0 Å². The Balaban J connectivity index is 1.31. The highest BCUT2D eigenvalue weighted by atomic mass is 32.3. The summed E-state index contributed by atoms with van der Waals surface area (Å²) in [6, 6.07) is 0.551. The Morgan fingerprint density at radius 2 is 1.68 bits per heavy atom. The number of hydrogen-bond acceptors (Lipinski definition) is 8. The molecule has 44 heavy (non-hydrogen) atoms. The number of ketones is 1. The van der Waals surface area contributed by atoms with E-state index in [1.54, 1.807) is 0 Å². The van der Waals surface area contributed by atoms with E-state index < -0.39 is 16.0 Å². The summed E-state index contributed by atoms with van der Waals surface area (Å²) in [4.78, 5) is 12.8. The van der Waals surface area contributed by atoms with Gasteiger partial charge in [0.2, 0.25) is 0 Å². The van der Waals surface area contributed by atoms with Crippen LogP contribution >= 0.6 is 0 Å². The molecule has 9 nitrogen and oxygen atoms in total. The zero-order chi connectivity index (χ0) is 32.3. The fourth-order valence-corrected chi connectivity index (χ4v) is 11.2. The molecule has 10 atom stereocenters. The van der Waals surface area contributed by atoms with Crippen LogP contribution in [-0.2, 0) is 19.4 Å². The normalized spacial score (nSPS) is 38.0. The SMILES string of the molecule is CC(CCC(=O)C(C)(C)OS(=O)(=O)O)[C@H]1CCC2C3C(CC[C@@]21C)[C@@]1(C)CC[C@H](NCCCNCCCCN)C[C@@H]1C[C@H]3O. The molecule has 0 spiro atoms. The molecule has 10 heteroatoms. The van der Waals surface area contributed by atoms with Crippen LogP contribution in [-0.4, -0.2) is 67.8 Å². The summed E-state index contributed by atoms with van der Waals surface area (Å²) in [5.41, 5.74) is 4.43. The largest absolute Gasteiger partial charge is 0.398 e. The third-order valence-electron chi connectivity index (χ3n) is 13.0. The van der Waals surface area contributed by atoms with Crippen LogP contribution in [0.1, 0.15) is 118 Å². The predicted molar refractivity (Wildman–Crippen MR) is 174 cm³/mol. The molecule has 4 unspecified atom stereocenters. The van der Waals surface area contributed by atoms with E-state index in [2.05, 4.69) is 35.6 Å². The molecule has 0 amide bonds. The first-order valence-corrected chi connectivity index (χ1v) is 19.0. The third-order valence-corrected chi connectivity index (χ3v) is 13.7. The van der Waals surface area contributed by atoms with Gasteiger partial charge < -0.3 is 21.5 Å². The molecule has 4 saturated carbocycles. The maximum atomic E-state index is 12.8. The quantitative estimate of drug-likeness (QED) is 0.117. The number of Topliss-reactive ketones (excluding diaryl/α,β-unsaturated/α-hetero) is 1. The van der Waals surface area contributed by atoms with Crippen molar-refractivity contribution in [3.63, 3.8) is 0 Å². The molecule has 4 rings (SSSR count). The average Bonchev–Trinajstić information content (AvgIpc) is 3.29. The number of nitrogens with two attached hydrogens (primary N) is 1. The van der Waals surface area contributed by atoms with E-state index in [1.165, 1.54) is 46.0 Å². The van der Waals surface area contributed by atoms with E-state index in [4.69, 9.17) is 10.3 Å². The van der Waals surface area contributed by atoms with Gasteiger partial charge in [-0.25, -0.2) is 4.18 Å². The molecule has 4 aliphatic rings. The van der Waals surface area contributed by atoms with Crippen molar-refractivity contribution in [3.05, 3.63) is 0 Å². The summed E-state index contributed by atoms with van der Waals surface area (Å²) in [5, 5.41) is 19.1. The van der Waals surface area contributed by atoms with Crippen LogP contribution in [0.25, 0.3) is 0 Å². The standard InChI is InChI=1S/C34H63N3O6S/c1-23(9-12-30(39)32(2,3)43-44(40,41)42)26-10-11-27-31-28(14-16-34(26,27)5)33(4)15-13-25(21-24(33)22-29(31)38)37-20-8-19-36-18-7-6-17-35/h23-29,31,36-38H,6-22,35H2,1-5H3,(H,40,41,42)/t23?,24-,25+,26-,27?,28?,29-,31?,33+,34-/m1/s1. The number of carbonyl (C=O) groups excluding carboxylic acids is 1. The second-order valence-electron chi connectivity index (χ2n) is 16.0. The average molecular weight is 642 g/mol. The van der Waals surface area contributed by atoms with E-state index in [-0.39, 0.29) is 23.7 Å². The van der Waals surface area contributed by atoms with Crippen molar-refractivity contribution in [2.45, 2.75) is 136 Å². The Labute approximate surface area is 267 Å². The molecule has 256 valence electrons. The lowest BCUT2D eigenvalue weighted by Crippen LogP contribution is -2.59. The molecule has 6 N–H and O–H groups in total. The monoisotopic (exact) mass is 641 g/mol. The van der Waals surface area contributed by atoms with Crippen molar-refractivity contribution in [1.82, 2.24) is 10.6 Å². The highest BCUT2D eigenvalue weighted by Gasteiger charge is 2.62. The van der Waals surface area contributed by atoms with Crippen LogP contribution in [0, 0.1) is 46.3 Å². The maximum absolute atomic E-state index is 12.8. The highest BCUT2D eigenvalue weighted by molar-refractivity contribution is 7.81. The number of aliphatic hydroxyl groups is 1. The zero-order valence-corrected chi connectivity index (χ0v) is 29.0. The number of rotatable bonds is 16. The van der Waals surface area contributed by atoms with Gasteiger partial charge >= 0.3 is 10.4 Å². The Kier molecular flexibility index (Phi) is 12.1. The van der Waals surface area contributed by atoms with E-state index in [1.807, 2.05) is 0 Å². The molecule has 0 heterocycles. The Morgan fingerprint density at radius 3 is 2.39 bits per heavy atom. The molecule has 0 aromatic carbocycles. The molecule has 4 aliphatic carbocycles. The van der Waals surface area contributed by atoms with Gasteiger partial charge in [0.1, 0.15) is 5.60 Å². The van der Waals surface area contributed by atoms with Crippen LogP contribution in [0.5, 0.6) is 0 Å². The first-order valence-electron chi connectivity index (χ1n) is 17.7.